The summed E-state index contributed by atoms with van der Waals surface area (Å²) in [6.45, 7) is 1.96. The topological polar surface area (TPSA) is 41.9 Å². The van der Waals surface area contributed by atoms with Crippen LogP contribution in [0.4, 0.5) is 5.95 Å². The molecule has 0 unspecified atom stereocenters. The zero-order chi connectivity index (χ0) is 14.7. The molecule has 3 rings (SSSR count). The van der Waals surface area contributed by atoms with Gasteiger partial charge < -0.3 is 4.90 Å². The summed E-state index contributed by atoms with van der Waals surface area (Å²) in [4.78, 5) is 16.2. The van der Waals surface area contributed by atoms with Crippen LogP contribution in [-0.2, 0) is 0 Å². The molecule has 0 spiro atoms. The van der Waals surface area contributed by atoms with Gasteiger partial charge in [-0.3, -0.25) is 0 Å². The van der Waals surface area contributed by atoms with Crippen molar-refractivity contribution in [3.63, 3.8) is 0 Å². The molecular formula is C14H14Cl2N4S. The molecule has 1 aliphatic heterocycles. The van der Waals surface area contributed by atoms with Crippen molar-refractivity contribution < 1.29 is 0 Å². The number of piperidine rings is 1. The Hall–Kier alpha value is -1.04. The summed E-state index contributed by atoms with van der Waals surface area (Å²) in [6, 6.07) is 7.56. The molecule has 1 aliphatic rings. The maximum atomic E-state index is 6.04. The highest BCUT2D eigenvalue weighted by atomic mass is 35.5. The van der Waals surface area contributed by atoms with E-state index in [1.165, 1.54) is 31.0 Å². The molecule has 0 atom stereocenters. The van der Waals surface area contributed by atoms with Crippen LogP contribution < -0.4 is 4.90 Å². The molecule has 0 radical (unpaired) electrons. The Labute approximate surface area is 137 Å². The number of rotatable bonds is 3. The van der Waals surface area contributed by atoms with Gasteiger partial charge in [0.2, 0.25) is 11.2 Å². The molecule has 7 heteroatoms. The van der Waals surface area contributed by atoms with Gasteiger partial charge >= 0.3 is 0 Å². The van der Waals surface area contributed by atoms with Gasteiger partial charge in [-0.2, -0.15) is 15.0 Å². The van der Waals surface area contributed by atoms with Crippen LogP contribution in [-0.4, -0.2) is 28.0 Å². The average Bonchev–Trinajstić information content (AvgIpc) is 2.50. The van der Waals surface area contributed by atoms with Crippen LogP contribution in [0.5, 0.6) is 0 Å². The third-order valence-corrected chi connectivity index (χ3v) is 4.53. The summed E-state index contributed by atoms with van der Waals surface area (Å²) in [5.41, 5.74) is 0. The van der Waals surface area contributed by atoms with Gasteiger partial charge in [0.15, 0.2) is 5.16 Å². The van der Waals surface area contributed by atoms with E-state index in [1.807, 2.05) is 24.3 Å². The normalized spacial score (nSPS) is 15.2. The maximum Gasteiger partial charge on any atom is 0.230 e. The molecule has 1 fully saturated rings. The van der Waals surface area contributed by atoms with Crippen molar-refractivity contribution in [2.24, 2.45) is 0 Å². The van der Waals surface area contributed by atoms with Crippen LogP contribution in [0.15, 0.2) is 34.3 Å². The Bertz CT molecular complexity index is 615. The van der Waals surface area contributed by atoms with Crippen LogP contribution in [0.3, 0.4) is 0 Å². The standard InChI is InChI=1S/C14H14Cl2N4S/c15-10-4-6-11(7-5-10)21-14-18-12(16)17-13(19-14)20-8-2-1-3-9-20/h4-7H,1-3,8-9H2. The number of hydrogen-bond donors (Lipinski definition) is 0. The molecule has 2 heterocycles. The minimum atomic E-state index is 0.238. The number of halogens is 2. The highest BCUT2D eigenvalue weighted by molar-refractivity contribution is 7.99. The molecule has 1 aromatic heterocycles. The van der Waals surface area contributed by atoms with Gasteiger partial charge in [0.1, 0.15) is 0 Å². The SMILES string of the molecule is Clc1ccc(Sc2nc(Cl)nc(N3CCCCC3)n2)cc1. The van der Waals surface area contributed by atoms with Gasteiger partial charge in [0.05, 0.1) is 0 Å². The van der Waals surface area contributed by atoms with Crippen molar-refractivity contribution in [3.05, 3.63) is 34.6 Å². The Kier molecular flexibility index (Phi) is 4.83. The van der Waals surface area contributed by atoms with Crippen molar-refractivity contribution >= 4 is 40.9 Å². The molecule has 2 aromatic rings. The first-order valence-corrected chi connectivity index (χ1v) is 8.38. The Morgan fingerprint density at radius 3 is 2.33 bits per heavy atom. The Morgan fingerprint density at radius 2 is 1.62 bits per heavy atom. The molecule has 1 saturated heterocycles. The summed E-state index contributed by atoms with van der Waals surface area (Å²) in [5, 5.41) is 1.56. The molecule has 110 valence electrons. The molecule has 0 aliphatic carbocycles. The van der Waals surface area contributed by atoms with Crippen LogP contribution in [0.2, 0.25) is 10.3 Å². The lowest BCUT2D eigenvalue weighted by molar-refractivity contribution is 0.564. The highest BCUT2D eigenvalue weighted by Gasteiger charge is 2.16. The zero-order valence-corrected chi connectivity index (χ0v) is 13.6. The second kappa shape index (κ2) is 6.81. The molecule has 4 nitrogen and oxygen atoms in total. The van der Waals surface area contributed by atoms with Crippen LogP contribution >= 0.6 is 35.0 Å². The minimum absolute atomic E-state index is 0.238. The zero-order valence-electron chi connectivity index (χ0n) is 11.3. The lowest BCUT2D eigenvalue weighted by atomic mass is 10.1. The van der Waals surface area contributed by atoms with E-state index in [4.69, 9.17) is 23.2 Å². The minimum Gasteiger partial charge on any atom is -0.341 e. The fourth-order valence-corrected chi connectivity index (χ4v) is 3.29. The van der Waals surface area contributed by atoms with Gasteiger partial charge in [0.25, 0.3) is 0 Å². The summed E-state index contributed by atoms with van der Waals surface area (Å²) < 4.78 is 0. The first kappa shape index (κ1) is 14.9. The predicted molar refractivity (Wildman–Crippen MR) is 86.5 cm³/mol. The first-order valence-electron chi connectivity index (χ1n) is 6.81. The second-order valence-corrected chi connectivity index (χ2v) is 6.61. The smallest absolute Gasteiger partial charge is 0.230 e. The Morgan fingerprint density at radius 1 is 0.905 bits per heavy atom. The highest BCUT2D eigenvalue weighted by Crippen LogP contribution is 2.28. The summed E-state index contributed by atoms with van der Waals surface area (Å²) in [5.74, 6) is 0.672. The van der Waals surface area contributed by atoms with Gasteiger partial charge in [-0.25, -0.2) is 0 Å². The predicted octanol–water partition coefficient (Wildman–Crippen LogP) is 4.32. The van der Waals surface area contributed by atoms with Crippen molar-refractivity contribution in [1.29, 1.82) is 0 Å². The number of anilines is 1. The summed E-state index contributed by atoms with van der Waals surface area (Å²) >= 11 is 13.4. The van der Waals surface area contributed by atoms with Crippen LogP contribution in [0, 0.1) is 0 Å². The van der Waals surface area contributed by atoms with Gasteiger partial charge in [-0.15, -0.1) is 0 Å². The largest absolute Gasteiger partial charge is 0.341 e. The quantitative estimate of drug-likeness (QED) is 0.832. The number of aromatic nitrogens is 3. The summed E-state index contributed by atoms with van der Waals surface area (Å²) in [6.07, 6.45) is 3.60. The van der Waals surface area contributed by atoms with Crippen molar-refractivity contribution in [3.8, 4) is 0 Å². The van der Waals surface area contributed by atoms with Crippen molar-refractivity contribution in [1.82, 2.24) is 15.0 Å². The van der Waals surface area contributed by atoms with E-state index in [-0.39, 0.29) is 5.28 Å². The van der Waals surface area contributed by atoms with Gasteiger partial charge in [-0.1, -0.05) is 11.6 Å². The molecular weight excluding hydrogens is 327 g/mol. The van der Waals surface area contributed by atoms with Crippen LogP contribution in [0.25, 0.3) is 0 Å². The van der Waals surface area contributed by atoms with E-state index in [1.54, 1.807) is 0 Å². The third-order valence-electron chi connectivity index (χ3n) is 3.24. The van der Waals surface area contributed by atoms with Crippen molar-refractivity contribution in [2.45, 2.75) is 29.3 Å². The molecule has 0 N–H and O–H groups in total. The molecule has 0 saturated carbocycles. The second-order valence-electron chi connectivity index (χ2n) is 4.79. The molecule has 21 heavy (non-hydrogen) atoms. The average molecular weight is 341 g/mol. The van der Waals surface area contributed by atoms with E-state index in [2.05, 4.69) is 19.9 Å². The van der Waals surface area contributed by atoms with Crippen LogP contribution in [0.1, 0.15) is 19.3 Å². The first-order chi connectivity index (χ1) is 10.2. The fraction of sp³-hybridized carbons (Fsp3) is 0.357. The Balaban J connectivity index is 1.81. The van der Waals surface area contributed by atoms with Gasteiger partial charge in [-0.05, 0) is 66.9 Å². The van der Waals surface area contributed by atoms with E-state index in [0.717, 1.165) is 18.0 Å². The molecule has 0 amide bonds. The van der Waals surface area contributed by atoms with E-state index in [0.29, 0.717) is 16.1 Å². The number of nitrogens with zero attached hydrogens (tertiary/aromatic N) is 4. The molecule has 0 bridgehead atoms. The van der Waals surface area contributed by atoms with E-state index >= 15 is 0 Å². The maximum absolute atomic E-state index is 6.04. The lowest BCUT2D eigenvalue weighted by Gasteiger charge is -2.26. The molecule has 1 aromatic carbocycles. The van der Waals surface area contributed by atoms with E-state index < -0.39 is 0 Å². The summed E-state index contributed by atoms with van der Waals surface area (Å²) in [7, 11) is 0. The van der Waals surface area contributed by atoms with Crippen molar-refractivity contribution in [2.75, 3.05) is 18.0 Å². The fourth-order valence-electron chi connectivity index (χ4n) is 2.21. The van der Waals surface area contributed by atoms with Gasteiger partial charge in [0, 0.05) is 23.0 Å². The lowest BCUT2D eigenvalue weighted by Crippen LogP contribution is -2.31. The van der Waals surface area contributed by atoms with E-state index in [9.17, 15) is 0 Å². The number of hydrogen-bond acceptors (Lipinski definition) is 5. The number of benzene rings is 1. The third kappa shape index (κ3) is 3.99. The monoisotopic (exact) mass is 340 g/mol.